The lowest BCUT2D eigenvalue weighted by Gasteiger charge is -2.10. The molecule has 0 saturated carbocycles. The van der Waals surface area contributed by atoms with Crippen molar-refractivity contribution in [2.75, 3.05) is 0 Å². The Balaban J connectivity index is 2.59. The molecule has 1 rings (SSSR count). The molecule has 0 aromatic heterocycles. The fourth-order valence-electron chi connectivity index (χ4n) is 2.04. The zero-order chi connectivity index (χ0) is 16.5. The highest BCUT2D eigenvalue weighted by molar-refractivity contribution is 5.88. The first-order valence-electron chi connectivity index (χ1n) is 7.30. The van der Waals surface area contributed by atoms with Gasteiger partial charge in [0.25, 0.3) is 0 Å². The largest absolute Gasteiger partial charge is 0.384 e. The van der Waals surface area contributed by atoms with Crippen molar-refractivity contribution >= 4 is 11.6 Å². The second kappa shape index (κ2) is 8.82. The SMILES string of the molecule is CC(=O)/C=C(\C)NCc1cccc(CN/C(C)=C/C(C)=O)c1. The van der Waals surface area contributed by atoms with Crippen LogP contribution in [0.15, 0.2) is 47.8 Å². The molecule has 0 aliphatic carbocycles. The van der Waals surface area contributed by atoms with E-state index in [-0.39, 0.29) is 11.6 Å². The van der Waals surface area contributed by atoms with Crippen LogP contribution in [0.5, 0.6) is 0 Å². The van der Waals surface area contributed by atoms with E-state index in [4.69, 9.17) is 0 Å². The Morgan fingerprint density at radius 1 is 0.864 bits per heavy atom. The number of rotatable bonds is 8. The van der Waals surface area contributed by atoms with Crippen molar-refractivity contribution in [3.05, 3.63) is 58.9 Å². The van der Waals surface area contributed by atoms with Gasteiger partial charge in [0.2, 0.25) is 0 Å². The van der Waals surface area contributed by atoms with Crippen molar-refractivity contribution in [1.82, 2.24) is 10.6 Å². The summed E-state index contributed by atoms with van der Waals surface area (Å²) in [6.45, 7) is 8.17. The molecule has 0 fully saturated rings. The number of benzene rings is 1. The van der Waals surface area contributed by atoms with Crippen LogP contribution in [-0.4, -0.2) is 11.6 Å². The van der Waals surface area contributed by atoms with Gasteiger partial charge in [0, 0.05) is 24.5 Å². The molecule has 0 unspecified atom stereocenters. The third-order valence-electron chi connectivity index (χ3n) is 2.97. The van der Waals surface area contributed by atoms with Gasteiger partial charge in [0.05, 0.1) is 0 Å². The summed E-state index contributed by atoms with van der Waals surface area (Å²) in [6.07, 6.45) is 3.17. The Morgan fingerprint density at radius 3 is 1.64 bits per heavy atom. The maximum atomic E-state index is 11.0. The molecule has 118 valence electrons. The van der Waals surface area contributed by atoms with E-state index in [0.717, 1.165) is 22.5 Å². The van der Waals surface area contributed by atoms with Gasteiger partial charge in [0.15, 0.2) is 11.6 Å². The van der Waals surface area contributed by atoms with Gasteiger partial charge in [-0.2, -0.15) is 0 Å². The third kappa shape index (κ3) is 7.43. The first-order valence-corrected chi connectivity index (χ1v) is 7.30. The highest BCUT2D eigenvalue weighted by Gasteiger charge is 1.98. The van der Waals surface area contributed by atoms with Crippen LogP contribution in [0.4, 0.5) is 0 Å². The molecule has 0 amide bonds. The van der Waals surface area contributed by atoms with Gasteiger partial charge in [-0.05, 0) is 51.0 Å². The summed E-state index contributed by atoms with van der Waals surface area (Å²) in [4.78, 5) is 22.0. The van der Waals surface area contributed by atoms with Crippen LogP contribution in [0, 0.1) is 0 Å². The Bertz CT molecular complexity index is 552. The smallest absolute Gasteiger partial charge is 0.154 e. The molecule has 4 nitrogen and oxygen atoms in total. The van der Waals surface area contributed by atoms with Gasteiger partial charge >= 0.3 is 0 Å². The Labute approximate surface area is 132 Å². The van der Waals surface area contributed by atoms with Crippen molar-refractivity contribution in [3.63, 3.8) is 0 Å². The van der Waals surface area contributed by atoms with Crippen LogP contribution in [0.1, 0.15) is 38.8 Å². The van der Waals surface area contributed by atoms with Crippen LogP contribution >= 0.6 is 0 Å². The Kier molecular flexibility index (Phi) is 7.09. The molecule has 1 aromatic rings. The molecule has 0 aliphatic rings. The van der Waals surface area contributed by atoms with Crippen LogP contribution in [0.25, 0.3) is 0 Å². The average molecular weight is 300 g/mol. The van der Waals surface area contributed by atoms with Crippen LogP contribution in [0.2, 0.25) is 0 Å². The number of allylic oxidation sites excluding steroid dienone is 4. The van der Waals surface area contributed by atoms with Gasteiger partial charge in [0.1, 0.15) is 0 Å². The molecular weight excluding hydrogens is 276 g/mol. The van der Waals surface area contributed by atoms with E-state index < -0.39 is 0 Å². The Morgan fingerprint density at radius 2 is 1.27 bits per heavy atom. The van der Waals surface area contributed by atoms with Crippen LogP contribution in [0.3, 0.4) is 0 Å². The molecule has 0 heterocycles. The van der Waals surface area contributed by atoms with E-state index in [1.54, 1.807) is 12.2 Å². The Hall–Kier alpha value is -2.36. The fourth-order valence-corrected chi connectivity index (χ4v) is 2.04. The second-order valence-corrected chi connectivity index (χ2v) is 5.40. The van der Waals surface area contributed by atoms with Gasteiger partial charge in [-0.3, -0.25) is 9.59 Å². The predicted octanol–water partition coefficient (Wildman–Crippen LogP) is 2.85. The van der Waals surface area contributed by atoms with Crippen molar-refractivity contribution in [1.29, 1.82) is 0 Å². The van der Waals surface area contributed by atoms with Gasteiger partial charge < -0.3 is 10.6 Å². The summed E-state index contributed by atoms with van der Waals surface area (Å²) in [5.41, 5.74) is 4.00. The second-order valence-electron chi connectivity index (χ2n) is 5.40. The van der Waals surface area contributed by atoms with E-state index in [9.17, 15) is 9.59 Å². The summed E-state index contributed by atoms with van der Waals surface area (Å²) in [5, 5.41) is 6.42. The van der Waals surface area contributed by atoms with Crippen molar-refractivity contribution in [2.24, 2.45) is 0 Å². The molecule has 0 spiro atoms. The minimum atomic E-state index is 0.0377. The zero-order valence-electron chi connectivity index (χ0n) is 13.7. The summed E-state index contributed by atoms with van der Waals surface area (Å²) < 4.78 is 0. The van der Waals surface area contributed by atoms with Crippen LogP contribution in [-0.2, 0) is 22.7 Å². The van der Waals surface area contributed by atoms with E-state index in [2.05, 4.69) is 16.7 Å². The molecule has 22 heavy (non-hydrogen) atoms. The van der Waals surface area contributed by atoms with Gasteiger partial charge in [-0.15, -0.1) is 0 Å². The van der Waals surface area contributed by atoms with Gasteiger partial charge in [-0.1, -0.05) is 24.3 Å². The average Bonchev–Trinajstić information content (AvgIpc) is 2.42. The third-order valence-corrected chi connectivity index (χ3v) is 2.97. The van der Waals surface area contributed by atoms with E-state index in [1.807, 2.05) is 32.0 Å². The highest BCUT2D eigenvalue weighted by Crippen LogP contribution is 2.06. The first kappa shape index (κ1) is 17.7. The molecule has 0 aliphatic heterocycles. The number of hydrogen-bond donors (Lipinski definition) is 2. The maximum Gasteiger partial charge on any atom is 0.154 e. The lowest BCUT2D eigenvalue weighted by Crippen LogP contribution is -2.13. The number of ketones is 2. The summed E-state index contributed by atoms with van der Waals surface area (Å²) in [5.74, 6) is 0.0753. The number of carbonyl (C=O) groups is 2. The predicted molar refractivity (Wildman–Crippen MR) is 89.0 cm³/mol. The van der Waals surface area contributed by atoms with E-state index >= 15 is 0 Å². The highest BCUT2D eigenvalue weighted by atomic mass is 16.1. The molecule has 4 heteroatoms. The molecule has 2 N–H and O–H groups in total. The molecule has 0 saturated heterocycles. The minimum Gasteiger partial charge on any atom is -0.384 e. The number of nitrogens with one attached hydrogen (secondary N) is 2. The summed E-state index contributed by atoms with van der Waals surface area (Å²) in [6, 6.07) is 8.18. The lowest BCUT2D eigenvalue weighted by molar-refractivity contribution is -0.113. The minimum absolute atomic E-state index is 0.0377. The van der Waals surface area contributed by atoms with Gasteiger partial charge in [-0.25, -0.2) is 0 Å². The van der Waals surface area contributed by atoms with Crippen molar-refractivity contribution in [3.8, 4) is 0 Å². The first-order chi connectivity index (χ1) is 10.4. The van der Waals surface area contributed by atoms with Crippen molar-refractivity contribution < 1.29 is 9.59 Å². The van der Waals surface area contributed by atoms with E-state index in [1.165, 1.54) is 13.8 Å². The van der Waals surface area contributed by atoms with Crippen molar-refractivity contribution in [2.45, 2.75) is 40.8 Å². The summed E-state index contributed by atoms with van der Waals surface area (Å²) >= 11 is 0. The monoisotopic (exact) mass is 300 g/mol. The molecule has 0 bridgehead atoms. The molecule has 0 radical (unpaired) electrons. The standard InChI is InChI=1S/C18H24N2O2/c1-13(8-15(3)21)19-11-17-6-5-7-18(10-17)12-20-14(2)9-16(4)22/h5-10,19-20H,11-12H2,1-4H3/b13-8+,14-9+. The number of carbonyl (C=O) groups excluding carboxylic acids is 2. The van der Waals surface area contributed by atoms with E-state index in [0.29, 0.717) is 13.1 Å². The quantitative estimate of drug-likeness (QED) is 0.725. The summed E-state index contributed by atoms with van der Waals surface area (Å²) in [7, 11) is 0. The maximum absolute atomic E-state index is 11.0. The topological polar surface area (TPSA) is 58.2 Å². The normalized spacial score (nSPS) is 12.0. The molecule has 0 atom stereocenters. The number of hydrogen-bond acceptors (Lipinski definition) is 4. The lowest BCUT2D eigenvalue weighted by atomic mass is 10.1. The fraction of sp³-hybridized carbons (Fsp3) is 0.333. The van der Waals surface area contributed by atoms with Crippen LogP contribution < -0.4 is 10.6 Å². The molecular formula is C18H24N2O2. The molecule has 1 aromatic carbocycles. The zero-order valence-corrected chi connectivity index (χ0v) is 13.7.